The summed E-state index contributed by atoms with van der Waals surface area (Å²) in [5.41, 5.74) is 6.84. The number of methoxy groups -OCH3 is 1. The first-order chi connectivity index (χ1) is 8.24. The zero-order valence-electron chi connectivity index (χ0n) is 10.5. The van der Waals surface area contributed by atoms with Gasteiger partial charge in [0.15, 0.2) is 0 Å². The molecule has 0 spiro atoms. The van der Waals surface area contributed by atoms with Crippen LogP contribution in [0.25, 0.3) is 0 Å². The predicted octanol–water partition coefficient (Wildman–Crippen LogP) is 0.811. The number of hydrogen-bond acceptors (Lipinski definition) is 4. The second-order valence-electron chi connectivity index (χ2n) is 4.41. The highest BCUT2D eigenvalue weighted by Gasteiger charge is 2.40. The quantitative estimate of drug-likeness (QED) is 0.843. The van der Waals surface area contributed by atoms with E-state index in [0.717, 1.165) is 24.5 Å². The third-order valence-electron chi connectivity index (χ3n) is 3.59. The monoisotopic (exact) mass is 236 g/mol. The van der Waals surface area contributed by atoms with E-state index in [1.54, 1.807) is 7.11 Å². The minimum Gasteiger partial charge on any atom is -0.496 e. The molecule has 1 atom stereocenters. The summed E-state index contributed by atoms with van der Waals surface area (Å²) >= 11 is 0. The molecule has 0 amide bonds. The molecule has 1 aromatic carbocycles. The van der Waals surface area contributed by atoms with Crippen LogP contribution in [0.1, 0.15) is 5.56 Å². The first-order valence-corrected chi connectivity index (χ1v) is 5.87. The molecule has 1 saturated heterocycles. The fourth-order valence-corrected chi connectivity index (χ4v) is 2.40. The van der Waals surface area contributed by atoms with Gasteiger partial charge >= 0.3 is 0 Å². The van der Waals surface area contributed by atoms with E-state index in [4.69, 9.17) is 15.2 Å². The van der Waals surface area contributed by atoms with Gasteiger partial charge in [0.2, 0.25) is 0 Å². The number of nitrogens with zero attached hydrogens (tertiary/aromatic N) is 1. The van der Waals surface area contributed by atoms with Gasteiger partial charge in [0.1, 0.15) is 5.75 Å². The summed E-state index contributed by atoms with van der Waals surface area (Å²) in [5.74, 6) is 0.871. The lowest BCUT2D eigenvalue weighted by molar-refractivity contribution is -0.0558. The number of ether oxygens (including phenoxy) is 2. The zero-order chi connectivity index (χ0) is 12.3. The molecule has 0 saturated carbocycles. The number of nitrogens with two attached hydrogens (primary N) is 1. The third kappa shape index (κ3) is 2.04. The van der Waals surface area contributed by atoms with E-state index < -0.39 is 0 Å². The lowest BCUT2D eigenvalue weighted by Crippen LogP contribution is -2.56. The molecule has 2 N–H and O–H groups in total. The number of rotatable bonds is 3. The normalized spacial score (nSPS) is 25.8. The third-order valence-corrected chi connectivity index (χ3v) is 3.59. The van der Waals surface area contributed by atoms with Crippen LogP contribution in [0.5, 0.6) is 5.75 Å². The van der Waals surface area contributed by atoms with Crippen molar-refractivity contribution in [2.75, 3.05) is 40.5 Å². The molecule has 1 aromatic rings. The average Bonchev–Trinajstić information content (AvgIpc) is 2.40. The molecule has 17 heavy (non-hydrogen) atoms. The number of likely N-dealkylation sites (N-methyl/N-ethyl adjacent to an activating group) is 1. The van der Waals surface area contributed by atoms with Gasteiger partial charge in [-0.05, 0) is 13.1 Å². The Morgan fingerprint density at radius 2 is 2.24 bits per heavy atom. The molecule has 0 aliphatic carbocycles. The molecule has 0 aromatic heterocycles. The molecule has 0 radical (unpaired) electrons. The van der Waals surface area contributed by atoms with E-state index in [-0.39, 0.29) is 5.54 Å². The van der Waals surface area contributed by atoms with Crippen molar-refractivity contribution in [3.63, 3.8) is 0 Å². The van der Waals surface area contributed by atoms with Crippen molar-refractivity contribution in [1.82, 2.24) is 4.90 Å². The summed E-state index contributed by atoms with van der Waals surface area (Å²) in [7, 11) is 3.77. The number of morpholine rings is 1. The Morgan fingerprint density at radius 1 is 1.47 bits per heavy atom. The average molecular weight is 236 g/mol. The predicted molar refractivity (Wildman–Crippen MR) is 67.2 cm³/mol. The van der Waals surface area contributed by atoms with Crippen molar-refractivity contribution in [3.05, 3.63) is 29.8 Å². The molecule has 1 fully saturated rings. The van der Waals surface area contributed by atoms with Crippen molar-refractivity contribution in [2.45, 2.75) is 5.54 Å². The van der Waals surface area contributed by atoms with Gasteiger partial charge < -0.3 is 15.2 Å². The van der Waals surface area contributed by atoms with Crippen molar-refractivity contribution in [1.29, 1.82) is 0 Å². The van der Waals surface area contributed by atoms with Gasteiger partial charge in [-0.25, -0.2) is 0 Å². The molecule has 1 aliphatic rings. The Labute approximate surface area is 102 Å². The van der Waals surface area contributed by atoms with Crippen LogP contribution in [0.15, 0.2) is 24.3 Å². The highest BCUT2D eigenvalue weighted by atomic mass is 16.5. The van der Waals surface area contributed by atoms with Crippen molar-refractivity contribution in [3.8, 4) is 5.75 Å². The van der Waals surface area contributed by atoms with Crippen LogP contribution >= 0.6 is 0 Å². The number of hydrogen-bond donors (Lipinski definition) is 1. The van der Waals surface area contributed by atoms with Crippen LogP contribution in [0.3, 0.4) is 0 Å². The second-order valence-corrected chi connectivity index (χ2v) is 4.41. The summed E-state index contributed by atoms with van der Waals surface area (Å²) in [5, 5.41) is 0. The summed E-state index contributed by atoms with van der Waals surface area (Å²) in [6, 6.07) is 8.01. The molecule has 1 unspecified atom stereocenters. The molecule has 4 nitrogen and oxygen atoms in total. The highest BCUT2D eigenvalue weighted by Crippen LogP contribution is 2.35. The van der Waals surface area contributed by atoms with Gasteiger partial charge in [-0.1, -0.05) is 18.2 Å². The molecule has 2 rings (SSSR count). The molecular weight excluding hydrogens is 216 g/mol. The van der Waals surface area contributed by atoms with E-state index in [1.807, 2.05) is 18.2 Å². The Morgan fingerprint density at radius 3 is 2.88 bits per heavy atom. The van der Waals surface area contributed by atoms with E-state index in [0.29, 0.717) is 13.2 Å². The van der Waals surface area contributed by atoms with Gasteiger partial charge in [0.05, 0.1) is 25.9 Å². The Kier molecular flexibility index (Phi) is 3.66. The molecular formula is C13H20N2O2. The summed E-state index contributed by atoms with van der Waals surface area (Å²) in [6.07, 6.45) is 0. The molecule has 4 heteroatoms. The minimum absolute atomic E-state index is 0.273. The fourth-order valence-electron chi connectivity index (χ4n) is 2.40. The van der Waals surface area contributed by atoms with E-state index in [1.165, 1.54) is 0 Å². The van der Waals surface area contributed by atoms with Crippen LogP contribution in [0, 0.1) is 0 Å². The van der Waals surface area contributed by atoms with Crippen LogP contribution in [0.4, 0.5) is 0 Å². The summed E-state index contributed by atoms with van der Waals surface area (Å²) in [6.45, 7) is 2.77. The number of benzene rings is 1. The highest BCUT2D eigenvalue weighted by molar-refractivity contribution is 5.40. The fraction of sp³-hybridized carbons (Fsp3) is 0.538. The standard InChI is InChI=1S/C13H20N2O2/c1-15-7-8-17-10-13(15,9-14)11-5-3-4-6-12(11)16-2/h3-6H,7-10,14H2,1-2H3. The SMILES string of the molecule is COc1ccccc1C1(CN)COCCN1C. The maximum Gasteiger partial charge on any atom is 0.124 e. The Balaban J connectivity index is 2.46. The van der Waals surface area contributed by atoms with Crippen LogP contribution in [0.2, 0.25) is 0 Å². The van der Waals surface area contributed by atoms with Gasteiger partial charge in [-0.15, -0.1) is 0 Å². The zero-order valence-corrected chi connectivity index (χ0v) is 10.5. The van der Waals surface area contributed by atoms with E-state index >= 15 is 0 Å². The van der Waals surface area contributed by atoms with Crippen LogP contribution in [-0.2, 0) is 10.3 Å². The molecule has 0 bridgehead atoms. The number of para-hydroxylation sites is 1. The lowest BCUT2D eigenvalue weighted by Gasteiger charge is -2.45. The van der Waals surface area contributed by atoms with Gasteiger partial charge in [-0.3, -0.25) is 4.90 Å². The first-order valence-electron chi connectivity index (χ1n) is 5.87. The van der Waals surface area contributed by atoms with Crippen molar-refractivity contribution in [2.24, 2.45) is 5.73 Å². The topological polar surface area (TPSA) is 47.7 Å². The minimum atomic E-state index is -0.273. The van der Waals surface area contributed by atoms with Crippen LogP contribution < -0.4 is 10.5 Å². The van der Waals surface area contributed by atoms with Crippen molar-refractivity contribution < 1.29 is 9.47 Å². The van der Waals surface area contributed by atoms with E-state index in [2.05, 4.69) is 18.0 Å². The summed E-state index contributed by atoms with van der Waals surface area (Å²) in [4.78, 5) is 2.26. The maximum atomic E-state index is 6.01. The smallest absolute Gasteiger partial charge is 0.124 e. The maximum absolute atomic E-state index is 6.01. The first kappa shape index (κ1) is 12.4. The second kappa shape index (κ2) is 5.04. The van der Waals surface area contributed by atoms with Gasteiger partial charge in [-0.2, -0.15) is 0 Å². The van der Waals surface area contributed by atoms with Crippen LogP contribution in [-0.4, -0.2) is 45.4 Å². The van der Waals surface area contributed by atoms with Gasteiger partial charge in [0, 0.05) is 18.7 Å². The van der Waals surface area contributed by atoms with E-state index in [9.17, 15) is 0 Å². The molecule has 1 aliphatic heterocycles. The summed E-state index contributed by atoms with van der Waals surface area (Å²) < 4.78 is 11.1. The Bertz CT molecular complexity index is 383. The molecule has 1 heterocycles. The van der Waals surface area contributed by atoms with Crippen molar-refractivity contribution >= 4 is 0 Å². The lowest BCUT2D eigenvalue weighted by atomic mass is 9.87. The van der Waals surface area contributed by atoms with Gasteiger partial charge in [0.25, 0.3) is 0 Å². The molecule has 94 valence electrons. The largest absolute Gasteiger partial charge is 0.496 e. The Hall–Kier alpha value is -1.10.